The van der Waals surface area contributed by atoms with Gasteiger partial charge in [0, 0.05) is 5.02 Å². The van der Waals surface area contributed by atoms with Crippen LogP contribution in [0.3, 0.4) is 0 Å². The van der Waals surface area contributed by atoms with Crippen LogP contribution in [0.4, 0.5) is 5.69 Å². The number of phenols is 1. The zero-order valence-corrected chi connectivity index (χ0v) is 11.7. The van der Waals surface area contributed by atoms with Gasteiger partial charge in [-0.05, 0) is 36.8 Å². The molecule has 0 amide bonds. The largest absolute Gasteiger partial charge is 0.506 e. The van der Waals surface area contributed by atoms with Crippen LogP contribution in [0.2, 0.25) is 5.02 Å². The van der Waals surface area contributed by atoms with Gasteiger partial charge < -0.3 is 5.11 Å². The van der Waals surface area contributed by atoms with E-state index in [2.05, 4.69) is 4.72 Å². The highest BCUT2D eigenvalue weighted by Gasteiger charge is 2.17. The van der Waals surface area contributed by atoms with Gasteiger partial charge >= 0.3 is 0 Å². The van der Waals surface area contributed by atoms with Crippen LogP contribution in [-0.2, 0) is 10.0 Å². The molecule has 0 spiro atoms. The molecule has 6 heteroatoms. The molecule has 0 saturated heterocycles. The van der Waals surface area contributed by atoms with Crippen molar-refractivity contribution in [2.75, 3.05) is 4.72 Å². The number of sulfonamides is 1. The normalized spacial score (nSPS) is 11.3. The minimum Gasteiger partial charge on any atom is -0.506 e. The van der Waals surface area contributed by atoms with E-state index >= 15 is 0 Å². The first-order valence-corrected chi connectivity index (χ1v) is 7.33. The predicted molar refractivity (Wildman–Crippen MR) is 75.1 cm³/mol. The molecule has 0 saturated carbocycles. The highest BCUT2D eigenvalue weighted by molar-refractivity contribution is 7.92. The Morgan fingerprint density at radius 3 is 2.47 bits per heavy atom. The maximum absolute atomic E-state index is 12.2. The second-order valence-electron chi connectivity index (χ2n) is 4.03. The number of benzene rings is 2. The molecule has 0 radical (unpaired) electrons. The minimum absolute atomic E-state index is 0.0441. The monoisotopic (exact) mass is 297 g/mol. The van der Waals surface area contributed by atoms with E-state index < -0.39 is 10.0 Å². The second kappa shape index (κ2) is 5.11. The highest BCUT2D eigenvalue weighted by Crippen LogP contribution is 2.29. The Hall–Kier alpha value is -1.72. The number of nitrogens with one attached hydrogen (secondary N) is 1. The van der Waals surface area contributed by atoms with E-state index in [-0.39, 0.29) is 16.3 Å². The van der Waals surface area contributed by atoms with Crippen molar-refractivity contribution in [3.63, 3.8) is 0 Å². The molecule has 100 valence electrons. The maximum atomic E-state index is 12.2. The number of anilines is 1. The van der Waals surface area contributed by atoms with E-state index in [0.717, 1.165) is 0 Å². The van der Waals surface area contributed by atoms with Gasteiger partial charge in [-0.15, -0.1) is 0 Å². The van der Waals surface area contributed by atoms with Crippen LogP contribution in [0.25, 0.3) is 0 Å². The number of hydrogen-bond acceptors (Lipinski definition) is 3. The summed E-state index contributed by atoms with van der Waals surface area (Å²) in [7, 11) is -3.78. The summed E-state index contributed by atoms with van der Waals surface area (Å²) in [6.45, 7) is 1.70. The first-order valence-electron chi connectivity index (χ1n) is 5.47. The molecule has 0 aliphatic rings. The van der Waals surface area contributed by atoms with Crippen LogP contribution in [0.5, 0.6) is 5.75 Å². The maximum Gasteiger partial charge on any atom is 0.262 e. The van der Waals surface area contributed by atoms with E-state index in [1.165, 1.54) is 18.2 Å². The average molecular weight is 298 g/mol. The molecule has 0 aromatic heterocycles. The molecule has 0 fully saturated rings. The molecular formula is C13H12ClNO3S. The van der Waals surface area contributed by atoms with Gasteiger partial charge in [0.2, 0.25) is 0 Å². The van der Waals surface area contributed by atoms with E-state index in [0.29, 0.717) is 10.6 Å². The molecule has 2 N–H and O–H groups in total. The van der Waals surface area contributed by atoms with Gasteiger partial charge in [0.25, 0.3) is 10.0 Å². The van der Waals surface area contributed by atoms with Gasteiger partial charge in [-0.2, -0.15) is 0 Å². The summed E-state index contributed by atoms with van der Waals surface area (Å²) in [5, 5.41) is 10.0. The van der Waals surface area contributed by atoms with Gasteiger partial charge in [-0.3, -0.25) is 4.72 Å². The number of rotatable bonds is 3. The Morgan fingerprint density at radius 2 is 1.84 bits per heavy atom. The molecule has 4 nitrogen and oxygen atoms in total. The van der Waals surface area contributed by atoms with Gasteiger partial charge in [0.15, 0.2) is 0 Å². The molecule has 0 aliphatic heterocycles. The van der Waals surface area contributed by atoms with Gasteiger partial charge in [-0.25, -0.2) is 8.42 Å². The second-order valence-corrected chi connectivity index (χ2v) is 6.15. The van der Waals surface area contributed by atoms with Crippen LogP contribution in [-0.4, -0.2) is 13.5 Å². The van der Waals surface area contributed by atoms with Crippen LogP contribution in [0, 0.1) is 6.92 Å². The van der Waals surface area contributed by atoms with Crippen molar-refractivity contribution < 1.29 is 13.5 Å². The molecule has 2 aromatic rings. The zero-order valence-electron chi connectivity index (χ0n) is 10.1. The summed E-state index contributed by atoms with van der Waals surface area (Å²) in [5.74, 6) is -0.120. The van der Waals surface area contributed by atoms with Crippen molar-refractivity contribution in [2.24, 2.45) is 0 Å². The zero-order chi connectivity index (χ0) is 14.0. The topological polar surface area (TPSA) is 66.4 Å². The Bertz CT molecular complexity index is 693. The lowest BCUT2D eigenvalue weighted by Gasteiger charge is -2.12. The summed E-state index contributed by atoms with van der Waals surface area (Å²) in [4.78, 5) is 0.0441. The number of phenolic OH excluding ortho intramolecular Hbond substituents is 1. The Balaban J connectivity index is 2.42. The lowest BCUT2D eigenvalue weighted by molar-refractivity contribution is 0.477. The van der Waals surface area contributed by atoms with Gasteiger partial charge in [0.1, 0.15) is 5.75 Å². The number of aryl methyl sites for hydroxylation is 1. The lowest BCUT2D eigenvalue weighted by atomic mass is 10.2. The molecule has 0 unspecified atom stereocenters. The predicted octanol–water partition coefficient (Wildman–Crippen LogP) is 3.15. The molecular weight excluding hydrogens is 286 g/mol. The third kappa shape index (κ3) is 3.00. The third-order valence-electron chi connectivity index (χ3n) is 2.59. The standard InChI is InChI=1S/C13H12ClNO3S/c1-9-4-2-7-12(16)13(9)15-19(17,18)11-6-3-5-10(14)8-11/h2-8,15-16H,1H3. The van der Waals surface area contributed by atoms with Crippen molar-refractivity contribution in [3.05, 3.63) is 53.1 Å². The molecule has 0 bridgehead atoms. The fourth-order valence-electron chi connectivity index (χ4n) is 1.61. The van der Waals surface area contributed by atoms with Crippen molar-refractivity contribution >= 4 is 27.3 Å². The van der Waals surface area contributed by atoms with Gasteiger partial charge in [0.05, 0.1) is 10.6 Å². The fraction of sp³-hybridized carbons (Fsp3) is 0.0769. The van der Waals surface area contributed by atoms with Crippen molar-refractivity contribution in [1.29, 1.82) is 0 Å². The van der Waals surface area contributed by atoms with E-state index in [4.69, 9.17) is 11.6 Å². The van der Waals surface area contributed by atoms with E-state index in [1.807, 2.05) is 0 Å². The molecule has 2 rings (SSSR count). The third-order valence-corrected chi connectivity index (χ3v) is 4.18. The molecule has 0 aliphatic carbocycles. The number of hydrogen-bond donors (Lipinski definition) is 2. The van der Waals surface area contributed by atoms with E-state index in [1.54, 1.807) is 31.2 Å². The molecule has 0 atom stereocenters. The quantitative estimate of drug-likeness (QED) is 0.855. The number of para-hydroxylation sites is 1. The molecule has 2 aromatic carbocycles. The average Bonchev–Trinajstić information content (AvgIpc) is 2.34. The van der Waals surface area contributed by atoms with Crippen LogP contribution >= 0.6 is 11.6 Å². The van der Waals surface area contributed by atoms with Gasteiger partial charge in [-0.1, -0.05) is 29.8 Å². The summed E-state index contributed by atoms with van der Waals surface area (Å²) in [6, 6.07) is 10.7. The Labute approximate surface area is 116 Å². The summed E-state index contributed by atoms with van der Waals surface area (Å²) < 4.78 is 26.7. The van der Waals surface area contributed by atoms with E-state index in [9.17, 15) is 13.5 Å². The smallest absolute Gasteiger partial charge is 0.262 e. The Kier molecular flexibility index (Phi) is 3.68. The van der Waals surface area contributed by atoms with Crippen molar-refractivity contribution in [1.82, 2.24) is 0 Å². The highest BCUT2D eigenvalue weighted by atomic mass is 35.5. The summed E-state index contributed by atoms with van der Waals surface area (Å²) in [5.41, 5.74) is 0.799. The number of halogens is 1. The first kappa shape index (κ1) is 13.7. The van der Waals surface area contributed by atoms with Crippen LogP contribution in [0.15, 0.2) is 47.4 Å². The van der Waals surface area contributed by atoms with Crippen molar-refractivity contribution in [2.45, 2.75) is 11.8 Å². The summed E-state index contributed by atoms with van der Waals surface area (Å²) in [6.07, 6.45) is 0. The minimum atomic E-state index is -3.78. The molecule has 19 heavy (non-hydrogen) atoms. The SMILES string of the molecule is Cc1cccc(O)c1NS(=O)(=O)c1cccc(Cl)c1. The number of aromatic hydroxyl groups is 1. The van der Waals surface area contributed by atoms with Crippen molar-refractivity contribution in [3.8, 4) is 5.75 Å². The molecule has 0 heterocycles. The van der Waals surface area contributed by atoms with Crippen LogP contribution < -0.4 is 4.72 Å². The lowest BCUT2D eigenvalue weighted by Crippen LogP contribution is -2.13. The Morgan fingerprint density at radius 1 is 1.16 bits per heavy atom. The first-order chi connectivity index (χ1) is 8.90. The summed E-state index contributed by atoms with van der Waals surface area (Å²) >= 11 is 5.77. The van der Waals surface area contributed by atoms with Crippen LogP contribution in [0.1, 0.15) is 5.56 Å². The fourth-order valence-corrected chi connectivity index (χ4v) is 3.06.